The first-order valence-corrected chi connectivity index (χ1v) is 8.09. The Morgan fingerprint density at radius 2 is 2.10 bits per heavy atom. The molecule has 1 N–H and O–H groups in total. The van der Waals surface area contributed by atoms with Crippen molar-refractivity contribution in [3.05, 3.63) is 63.1 Å². The van der Waals surface area contributed by atoms with Crippen molar-refractivity contribution in [1.29, 1.82) is 0 Å². The second-order valence-electron chi connectivity index (χ2n) is 5.70. The predicted molar refractivity (Wildman–Crippen MR) is 87.9 cm³/mol. The van der Waals surface area contributed by atoms with E-state index < -0.39 is 6.10 Å². The van der Waals surface area contributed by atoms with Crippen LogP contribution in [0.5, 0.6) is 5.75 Å². The van der Waals surface area contributed by atoms with Crippen LogP contribution in [0.4, 0.5) is 0 Å². The summed E-state index contributed by atoms with van der Waals surface area (Å²) in [4.78, 5) is 0. The molecule has 1 aliphatic rings. The molecule has 2 nitrogen and oxygen atoms in total. The highest BCUT2D eigenvalue weighted by Crippen LogP contribution is 2.33. The smallest absolute Gasteiger partial charge is 0.125 e. The zero-order valence-corrected chi connectivity index (χ0v) is 13.7. The summed E-state index contributed by atoms with van der Waals surface area (Å²) in [5, 5.41) is 10.4. The van der Waals surface area contributed by atoms with Gasteiger partial charge in [-0.2, -0.15) is 0 Å². The summed E-state index contributed by atoms with van der Waals surface area (Å²) in [6.45, 7) is 2.82. The molecule has 0 amide bonds. The molecule has 0 saturated carbocycles. The molecule has 1 aliphatic heterocycles. The van der Waals surface area contributed by atoms with Crippen LogP contribution in [0.15, 0.2) is 40.9 Å². The maximum Gasteiger partial charge on any atom is 0.125 e. The molecule has 0 fully saturated rings. The zero-order valence-electron chi connectivity index (χ0n) is 12.1. The van der Waals surface area contributed by atoms with Crippen molar-refractivity contribution in [3.63, 3.8) is 0 Å². The van der Waals surface area contributed by atoms with Gasteiger partial charge in [0.15, 0.2) is 0 Å². The van der Waals surface area contributed by atoms with Gasteiger partial charge in [0, 0.05) is 17.3 Å². The molecule has 2 aromatic carbocycles. The van der Waals surface area contributed by atoms with Crippen LogP contribution in [0.25, 0.3) is 0 Å². The molecule has 0 aliphatic carbocycles. The second-order valence-corrected chi connectivity index (χ2v) is 6.62. The highest BCUT2D eigenvalue weighted by atomic mass is 79.9. The molecule has 110 valence electrons. The summed E-state index contributed by atoms with van der Waals surface area (Å²) in [6.07, 6.45) is 1.85. The number of hydrogen-bond acceptors (Lipinski definition) is 2. The quantitative estimate of drug-likeness (QED) is 0.911. The highest BCUT2D eigenvalue weighted by Gasteiger charge is 2.19. The van der Waals surface area contributed by atoms with Crippen LogP contribution in [0.1, 0.15) is 22.3 Å². The maximum absolute atomic E-state index is 10.4. The second kappa shape index (κ2) is 6.20. The van der Waals surface area contributed by atoms with Crippen LogP contribution >= 0.6 is 15.9 Å². The number of aryl methyl sites for hydroxylation is 1. The number of benzene rings is 2. The summed E-state index contributed by atoms with van der Waals surface area (Å²) < 4.78 is 6.78. The van der Waals surface area contributed by atoms with Gasteiger partial charge in [-0.3, -0.25) is 0 Å². The first kappa shape index (κ1) is 14.6. The van der Waals surface area contributed by atoms with Crippen molar-refractivity contribution >= 4 is 15.9 Å². The van der Waals surface area contributed by atoms with Gasteiger partial charge in [0.05, 0.1) is 12.7 Å². The topological polar surface area (TPSA) is 29.5 Å². The lowest BCUT2D eigenvalue weighted by molar-refractivity contribution is 0.174. The van der Waals surface area contributed by atoms with Gasteiger partial charge in [-0.1, -0.05) is 45.8 Å². The number of halogens is 1. The average molecular weight is 347 g/mol. The number of aliphatic hydroxyl groups is 1. The van der Waals surface area contributed by atoms with Gasteiger partial charge in [-0.05, 0) is 42.2 Å². The molecule has 0 radical (unpaired) electrons. The van der Waals surface area contributed by atoms with Crippen LogP contribution in [0.3, 0.4) is 0 Å². The average Bonchev–Trinajstić information content (AvgIpc) is 2.86. The summed E-state index contributed by atoms with van der Waals surface area (Å²) in [5.41, 5.74) is 4.74. The third-order valence-corrected chi connectivity index (χ3v) is 4.29. The minimum absolute atomic E-state index is 0.394. The molecule has 0 saturated heterocycles. The van der Waals surface area contributed by atoms with E-state index in [2.05, 4.69) is 53.2 Å². The minimum Gasteiger partial charge on any atom is -0.493 e. The Hall–Kier alpha value is -1.32. The molecular weight excluding hydrogens is 328 g/mol. The summed E-state index contributed by atoms with van der Waals surface area (Å²) in [6, 6.07) is 12.5. The number of rotatable bonds is 4. The Bertz CT molecular complexity index is 652. The zero-order chi connectivity index (χ0) is 14.8. The Morgan fingerprint density at radius 3 is 2.90 bits per heavy atom. The van der Waals surface area contributed by atoms with E-state index in [1.807, 2.05) is 6.07 Å². The van der Waals surface area contributed by atoms with Gasteiger partial charge in [-0.15, -0.1) is 0 Å². The highest BCUT2D eigenvalue weighted by molar-refractivity contribution is 9.10. The van der Waals surface area contributed by atoms with E-state index in [1.54, 1.807) is 0 Å². The largest absolute Gasteiger partial charge is 0.493 e. The van der Waals surface area contributed by atoms with Crippen molar-refractivity contribution in [2.45, 2.75) is 32.3 Å². The van der Waals surface area contributed by atoms with Gasteiger partial charge in [0.25, 0.3) is 0 Å². The monoisotopic (exact) mass is 346 g/mol. The van der Waals surface area contributed by atoms with Crippen molar-refractivity contribution < 1.29 is 9.84 Å². The number of hydrogen-bond donors (Lipinski definition) is 1. The molecule has 0 spiro atoms. The Kier molecular flexibility index (Phi) is 4.32. The molecule has 1 heterocycles. The molecule has 1 unspecified atom stereocenters. The van der Waals surface area contributed by atoms with E-state index in [0.29, 0.717) is 12.8 Å². The predicted octanol–water partition coefficient (Wildman–Crippen LogP) is 3.84. The third kappa shape index (κ3) is 3.47. The first-order valence-electron chi connectivity index (χ1n) is 7.29. The standard InChI is InChI=1S/C18H19BrO2/c1-12-3-2-4-13(7-12)8-17(20)11-15-10-16(19)9-14-5-6-21-18(14)15/h2-4,7,9-10,17,20H,5-6,8,11H2,1H3. The summed E-state index contributed by atoms with van der Waals surface area (Å²) >= 11 is 3.54. The summed E-state index contributed by atoms with van der Waals surface area (Å²) in [7, 11) is 0. The SMILES string of the molecule is Cc1cccc(CC(O)Cc2cc(Br)cc3c2OCC3)c1. The van der Waals surface area contributed by atoms with E-state index >= 15 is 0 Å². The normalized spacial score (nSPS) is 14.6. The van der Waals surface area contributed by atoms with Gasteiger partial charge < -0.3 is 9.84 Å². The van der Waals surface area contributed by atoms with Crippen LogP contribution < -0.4 is 4.74 Å². The van der Waals surface area contributed by atoms with Crippen molar-refractivity contribution in [2.24, 2.45) is 0 Å². The van der Waals surface area contributed by atoms with Gasteiger partial charge in [0.1, 0.15) is 5.75 Å². The van der Waals surface area contributed by atoms with Crippen molar-refractivity contribution in [2.75, 3.05) is 6.61 Å². The molecule has 0 aromatic heterocycles. The van der Waals surface area contributed by atoms with Gasteiger partial charge >= 0.3 is 0 Å². The fourth-order valence-electron chi connectivity index (χ4n) is 2.93. The Morgan fingerprint density at radius 1 is 1.24 bits per heavy atom. The van der Waals surface area contributed by atoms with Crippen molar-refractivity contribution in [3.8, 4) is 5.75 Å². The number of ether oxygens (including phenoxy) is 1. The van der Waals surface area contributed by atoms with E-state index in [1.165, 1.54) is 16.7 Å². The lowest BCUT2D eigenvalue weighted by atomic mass is 9.98. The van der Waals surface area contributed by atoms with E-state index in [4.69, 9.17) is 4.74 Å². The van der Waals surface area contributed by atoms with Crippen molar-refractivity contribution in [1.82, 2.24) is 0 Å². The molecule has 21 heavy (non-hydrogen) atoms. The van der Waals surface area contributed by atoms with E-state index in [0.717, 1.165) is 28.8 Å². The molecular formula is C18H19BrO2. The minimum atomic E-state index is -0.394. The van der Waals surface area contributed by atoms with Crippen LogP contribution in [0.2, 0.25) is 0 Å². The maximum atomic E-state index is 10.4. The number of aliphatic hydroxyl groups excluding tert-OH is 1. The third-order valence-electron chi connectivity index (χ3n) is 3.83. The van der Waals surface area contributed by atoms with E-state index in [-0.39, 0.29) is 0 Å². The molecule has 0 bridgehead atoms. The number of fused-ring (bicyclic) bond motifs is 1. The van der Waals surface area contributed by atoms with Crippen LogP contribution in [-0.2, 0) is 19.3 Å². The van der Waals surface area contributed by atoms with E-state index in [9.17, 15) is 5.11 Å². The van der Waals surface area contributed by atoms with Gasteiger partial charge in [-0.25, -0.2) is 0 Å². The first-order chi connectivity index (χ1) is 10.1. The lowest BCUT2D eigenvalue weighted by Gasteiger charge is -2.14. The van der Waals surface area contributed by atoms with Crippen LogP contribution in [0, 0.1) is 6.92 Å². The molecule has 3 rings (SSSR count). The molecule has 1 atom stereocenters. The Balaban J connectivity index is 1.75. The van der Waals surface area contributed by atoms with Crippen LogP contribution in [-0.4, -0.2) is 17.8 Å². The molecule has 3 heteroatoms. The molecule has 2 aromatic rings. The fraction of sp³-hybridized carbons (Fsp3) is 0.333. The Labute approximate surface area is 133 Å². The fourth-order valence-corrected chi connectivity index (χ4v) is 3.49. The summed E-state index contributed by atoms with van der Waals surface area (Å²) in [5.74, 6) is 0.974. The lowest BCUT2D eigenvalue weighted by Crippen LogP contribution is -2.14. The van der Waals surface area contributed by atoms with Gasteiger partial charge in [0.2, 0.25) is 0 Å².